The molecule has 0 bridgehead atoms. The Morgan fingerprint density at radius 1 is 0.958 bits per heavy atom. The first-order valence-corrected chi connectivity index (χ1v) is 9.22. The van der Waals surface area contributed by atoms with E-state index in [-0.39, 0.29) is 10.6 Å². The van der Waals surface area contributed by atoms with Gasteiger partial charge in [0.2, 0.25) is 10.0 Å². The van der Waals surface area contributed by atoms with E-state index in [4.69, 9.17) is 0 Å². The van der Waals surface area contributed by atoms with Crippen LogP contribution in [0.5, 0.6) is 0 Å². The summed E-state index contributed by atoms with van der Waals surface area (Å²) in [6.45, 7) is 0.738. The molecule has 2 aromatic carbocycles. The molecule has 3 rings (SSSR count). The van der Waals surface area contributed by atoms with E-state index in [1.54, 1.807) is 0 Å². The zero-order valence-electron chi connectivity index (χ0n) is 13.0. The molecule has 1 aliphatic heterocycles. The number of hydrogen-bond acceptors (Lipinski definition) is 4. The fourth-order valence-electron chi connectivity index (χ4n) is 3.12. The molecule has 0 aliphatic carbocycles. The highest BCUT2D eigenvalue weighted by molar-refractivity contribution is 7.89. The van der Waals surface area contributed by atoms with Crippen LogP contribution in [-0.2, 0) is 10.0 Å². The van der Waals surface area contributed by atoms with Crippen LogP contribution in [0.3, 0.4) is 0 Å². The Balaban J connectivity index is 1.80. The molecule has 0 radical (unpaired) electrons. The molecule has 6 nitrogen and oxygen atoms in total. The van der Waals surface area contributed by atoms with Crippen molar-refractivity contribution in [2.75, 3.05) is 13.1 Å². The van der Waals surface area contributed by atoms with Gasteiger partial charge < -0.3 is 0 Å². The molecule has 1 fully saturated rings. The van der Waals surface area contributed by atoms with E-state index in [2.05, 4.69) is 12.1 Å². The van der Waals surface area contributed by atoms with Gasteiger partial charge in [0, 0.05) is 19.2 Å². The molecule has 2 aromatic rings. The Bertz CT molecular complexity index is 829. The number of para-hydroxylation sites is 1. The molecule has 0 unspecified atom stereocenters. The number of nitro benzene ring substituents is 1. The van der Waals surface area contributed by atoms with Gasteiger partial charge in [-0.25, -0.2) is 8.42 Å². The highest BCUT2D eigenvalue weighted by Gasteiger charge is 2.34. The Labute approximate surface area is 140 Å². The zero-order valence-corrected chi connectivity index (χ0v) is 13.9. The van der Waals surface area contributed by atoms with Gasteiger partial charge >= 0.3 is 0 Å². The van der Waals surface area contributed by atoms with E-state index < -0.39 is 14.9 Å². The quantitative estimate of drug-likeness (QED) is 0.629. The van der Waals surface area contributed by atoms with Crippen molar-refractivity contribution in [1.82, 2.24) is 4.31 Å². The topological polar surface area (TPSA) is 80.5 Å². The van der Waals surface area contributed by atoms with E-state index in [0.29, 0.717) is 31.8 Å². The predicted molar refractivity (Wildman–Crippen MR) is 90.3 cm³/mol. The highest BCUT2D eigenvalue weighted by Crippen LogP contribution is 2.32. The molecular weight excluding hydrogens is 328 g/mol. The third-order valence-corrected chi connectivity index (χ3v) is 6.35. The van der Waals surface area contributed by atoms with Gasteiger partial charge in [0.15, 0.2) is 4.90 Å². The Morgan fingerprint density at radius 3 is 2.17 bits per heavy atom. The summed E-state index contributed by atoms with van der Waals surface area (Å²) >= 11 is 0. The molecule has 1 heterocycles. The standard InChI is InChI=1S/C17H18N2O4S/c20-19(21)16-8-4-5-9-17(16)24(22,23)18-12-10-15(11-13-18)14-6-2-1-3-7-14/h1-9,15H,10-13H2. The molecule has 0 spiro atoms. The lowest BCUT2D eigenvalue weighted by Gasteiger charge is -2.31. The molecular formula is C17H18N2O4S. The van der Waals surface area contributed by atoms with Gasteiger partial charge in [-0.3, -0.25) is 10.1 Å². The summed E-state index contributed by atoms with van der Waals surface area (Å²) in [5.74, 6) is 0.323. The first-order chi connectivity index (χ1) is 11.5. The van der Waals surface area contributed by atoms with Crippen molar-refractivity contribution in [2.24, 2.45) is 0 Å². The fourth-order valence-corrected chi connectivity index (χ4v) is 4.75. The number of piperidine rings is 1. The number of benzene rings is 2. The van der Waals surface area contributed by atoms with E-state index in [9.17, 15) is 18.5 Å². The largest absolute Gasteiger partial charge is 0.289 e. The molecule has 7 heteroatoms. The van der Waals surface area contributed by atoms with Crippen LogP contribution in [0.25, 0.3) is 0 Å². The zero-order chi connectivity index (χ0) is 17.2. The Hall–Kier alpha value is -2.25. The van der Waals surface area contributed by atoms with Crippen molar-refractivity contribution < 1.29 is 13.3 Å². The number of hydrogen-bond donors (Lipinski definition) is 0. The maximum absolute atomic E-state index is 12.8. The molecule has 0 atom stereocenters. The summed E-state index contributed by atoms with van der Waals surface area (Å²) in [6, 6.07) is 15.5. The Kier molecular flexibility index (Phi) is 4.64. The second kappa shape index (κ2) is 6.70. The van der Waals surface area contributed by atoms with Gasteiger partial charge in [0.1, 0.15) is 0 Å². The molecule has 0 amide bonds. The second-order valence-electron chi connectivity index (χ2n) is 5.81. The minimum Gasteiger partial charge on any atom is -0.258 e. The molecule has 1 aliphatic rings. The van der Waals surface area contributed by atoms with E-state index in [1.807, 2.05) is 18.2 Å². The highest BCUT2D eigenvalue weighted by atomic mass is 32.2. The summed E-state index contributed by atoms with van der Waals surface area (Å²) in [7, 11) is -3.85. The van der Waals surface area contributed by atoms with Crippen LogP contribution in [0.15, 0.2) is 59.5 Å². The van der Waals surface area contributed by atoms with Crippen LogP contribution < -0.4 is 0 Å². The maximum Gasteiger partial charge on any atom is 0.289 e. The normalized spacial score (nSPS) is 16.8. The minimum absolute atomic E-state index is 0.229. The van der Waals surface area contributed by atoms with Gasteiger partial charge in [-0.2, -0.15) is 4.31 Å². The second-order valence-corrected chi connectivity index (χ2v) is 7.72. The van der Waals surface area contributed by atoms with Crippen molar-refractivity contribution in [3.05, 3.63) is 70.3 Å². The Morgan fingerprint density at radius 2 is 1.54 bits per heavy atom. The SMILES string of the molecule is O=[N+]([O-])c1ccccc1S(=O)(=O)N1CCC(c2ccccc2)CC1. The van der Waals surface area contributed by atoms with E-state index in [0.717, 1.165) is 0 Å². The molecule has 24 heavy (non-hydrogen) atoms. The van der Waals surface area contributed by atoms with Crippen LogP contribution >= 0.6 is 0 Å². The summed E-state index contributed by atoms with van der Waals surface area (Å²) in [4.78, 5) is 10.2. The molecule has 0 saturated carbocycles. The van der Waals surface area contributed by atoms with Crippen LogP contribution in [0.4, 0.5) is 5.69 Å². The third kappa shape index (κ3) is 3.18. The van der Waals surface area contributed by atoms with Crippen molar-refractivity contribution in [3.63, 3.8) is 0 Å². The number of nitrogens with zero attached hydrogens (tertiary/aromatic N) is 2. The summed E-state index contributed by atoms with van der Waals surface area (Å²) < 4.78 is 26.9. The van der Waals surface area contributed by atoms with Crippen molar-refractivity contribution >= 4 is 15.7 Å². The smallest absolute Gasteiger partial charge is 0.258 e. The van der Waals surface area contributed by atoms with E-state index in [1.165, 1.54) is 34.1 Å². The van der Waals surface area contributed by atoms with Crippen molar-refractivity contribution in [1.29, 1.82) is 0 Å². The molecule has 0 N–H and O–H groups in total. The first kappa shape index (κ1) is 16.6. The lowest BCUT2D eigenvalue weighted by molar-refractivity contribution is -0.387. The van der Waals surface area contributed by atoms with Gasteiger partial charge in [0.25, 0.3) is 5.69 Å². The van der Waals surface area contributed by atoms with Crippen molar-refractivity contribution in [3.8, 4) is 0 Å². The van der Waals surface area contributed by atoms with Crippen molar-refractivity contribution in [2.45, 2.75) is 23.7 Å². The number of nitro groups is 1. The fraction of sp³-hybridized carbons (Fsp3) is 0.294. The van der Waals surface area contributed by atoms with Gasteiger partial charge in [0.05, 0.1) is 4.92 Å². The first-order valence-electron chi connectivity index (χ1n) is 7.78. The van der Waals surface area contributed by atoms with Gasteiger partial charge in [-0.15, -0.1) is 0 Å². The van der Waals surface area contributed by atoms with Crippen LogP contribution in [0.1, 0.15) is 24.3 Å². The maximum atomic E-state index is 12.8. The predicted octanol–water partition coefficient (Wildman–Crippen LogP) is 3.16. The summed E-state index contributed by atoms with van der Waals surface area (Å²) in [5.41, 5.74) is 0.836. The number of sulfonamides is 1. The average Bonchev–Trinajstić information content (AvgIpc) is 2.62. The molecule has 0 aromatic heterocycles. The summed E-state index contributed by atoms with van der Waals surface area (Å²) in [6.07, 6.45) is 1.42. The molecule has 126 valence electrons. The monoisotopic (exact) mass is 346 g/mol. The van der Waals surface area contributed by atoms with Gasteiger partial charge in [-0.1, -0.05) is 42.5 Å². The number of rotatable bonds is 4. The lowest BCUT2D eigenvalue weighted by atomic mass is 9.90. The lowest BCUT2D eigenvalue weighted by Crippen LogP contribution is -2.38. The van der Waals surface area contributed by atoms with E-state index >= 15 is 0 Å². The van der Waals surface area contributed by atoms with Gasteiger partial charge in [-0.05, 0) is 30.4 Å². The van der Waals surface area contributed by atoms with Crippen LogP contribution in [0.2, 0.25) is 0 Å². The third-order valence-electron chi connectivity index (χ3n) is 4.40. The van der Waals surface area contributed by atoms with Crippen LogP contribution in [-0.4, -0.2) is 30.7 Å². The minimum atomic E-state index is -3.85. The summed E-state index contributed by atoms with van der Waals surface area (Å²) in [5, 5.41) is 11.1. The molecule has 1 saturated heterocycles. The average molecular weight is 346 g/mol. The van der Waals surface area contributed by atoms with Crippen LogP contribution in [0, 0.1) is 10.1 Å².